The highest BCUT2D eigenvalue weighted by Gasteiger charge is 2.29. The fraction of sp³-hybridized carbons (Fsp3) is 0.222. The number of rotatable bonds is 1. The molecule has 1 unspecified atom stereocenters. The molecule has 1 atom stereocenters. The Kier molecular flexibility index (Phi) is 1.88. The van der Waals surface area contributed by atoms with E-state index in [0.717, 1.165) is 11.3 Å². The second-order valence-electron chi connectivity index (χ2n) is 2.98. The number of fused-ring (bicyclic) bond motifs is 1. The summed E-state index contributed by atoms with van der Waals surface area (Å²) in [5, 5.41) is 12.4. The molecule has 1 aromatic rings. The molecule has 3 nitrogen and oxygen atoms in total. The minimum atomic E-state index is -0.812. The lowest BCUT2D eigenvalue weighted by Gasteiger charge is -2.03. The molecule has 13 heavy (non-hydrogen) atoms. The summed E-state index contributed by atoms with van der Waals surface area (Å²) in [6.07, 6.45) is 0. The fourth-order valence-corrected chi connectivity index (χ4v) is 1.80. The maximum atomic E-state index is 10.8. The molecule has 1 aliphatic rings. The topological polar surface area (TPSA) is 49.3 Å². The van der Waals surface area contributed by atoms with Crippen molar-refractivity contribution in [3.63, 3.8) is 0 Å². The van der Waals surface area contributed by atoms with Gasteiger partial charge in [0.15, 0.2) is 0 Å². The van der Waals surface area contributed by atoms with Crippen molar-refractivity contribution in [1.82, 2.24) is 0 Å². The van der Waals surface area contributed by atoms with Crippen LogP contribution in [0, 0.1) is 0 Å². The standard InChI is InChI=1S/C9H8ClNO2/c10-7-3-1-2-5-6(9(12)13)4-11-8(5)7/h1-3,6,11H,4H2,(H,12,13). The van der Waals surface area contributed by atoms with Crippen molar-refractivity contribution < 1.29 is 9.90 Å². The molecule has 4 heteroatoms. The summed E-state index contributed by atoms with van der Waals surface area (Å²) >= 11 is 5.88. The Hall–Kier alpha value is -1.22. The summed E-state index contributed by atoms with van der Waals surface area (Å²) in [6.45, 7) is 0.425. The zero-order valence-electron chi connectivity index (χ0n) is 6.75. The Morgan fingerprint density at radius 2 is 2.38 bits per heavy atom. The number of halogens is 1. The molecular formula is C9H8ClNO2. The highest BCUT2D eigenvalue weighted by Crippen LogP contribution is 2.36. The summed E-state index contributed by atoms with van der Waals surface area (Å²) in [6, 6.07) is 5.31. The van der Waals surface area contributed by atoms with Crippen LogP contribution in [0.1, 0.15) is 11.5 Å². The van der Waals surface area contributed by atoms with Crippen LogP contribution in [0.4, 0.5) is 5.69 Å². The minimum Gasteiger partial charge on any atom is -0.481 e. The van der Waals surface area contributed by atoms with Gasteiger partial charge >= 0.3 is 5.97 Å². The van der Waals surface area contributed by atoms with Gasteiger partial charge < -0.3 is 10.4 Å². The smallest absolute Gasteiger partial charge is 0.312 e. The first-order valence-corrected chi connectivity index (χ1v) is 4.33. The zero-order chi connectivity index (χ0) is 9.42. The fourth-order valence-electron chi connectivity index (χ4n) is 1.55. The molecule has 2 rings (SSSR count). The zero-order valence-corrected chi connectivity index (χ0v) is 7.51. The lowest BCUT2D eigenvalue weighted by molar-refractivity contribution is -0.138. The molecule has 1 aliphatic heterocycles. The molecule has 0 fully saturated rings. The number of aliphatic carboxylic acids is 1. The maximum Gasteiger partial charge on any atom is 0.312 e. The van der Waals surface area contributed by atoms with Gasteiger partial charge in [0.25, 0.3) is 0 Å². The third-order valence-corrected chi connectivity index (χ3v) is 2.52. The Labute approximate surface area is 80.3 Å². The van der Waals surface area contributed by atoms with Gasteiger partial charge in [0.2, 0.25) is 0 Å². The van der Waals surface area contributed by atoms with Crippen LogP contribution < -0.4 is 5.32 Å². The summed E-state index contributed by atoms with van der Waals surface area (Å²) in [5.41, 5.74) is 1.54. The maximum absolute atomic E-state index is 10.8. The van der Waals surface area contributed by atoms with Crippen molar-refractivity contribution in [3.8, 4) is 0 Å². The molecular weight excluding hydrogens is 190 g/mol. The Bertz CT molecular complexity index is 365. The number of carbonyl (C=O) groups is 1. The van der Waals surface area contributed by atoms with Crippen molar-refractivity contribution >= 4 is 23.3 Å². The average molecular weight is 198 g/mol. The third kappa shape index (κ3) is 1.25. The molecule has 0 bridgehead atoms. The predicted octanol–water partition coefficient (Wildman–Crippen LogP) is 1.93. The van der Waals surface area contributed by atoms with Gasteiger partial charge in [0, 0.05) is 6.54 Å². The van der Waals surface area contributed by atoms with E-state index in [0.29, 0.717) is 11.6 Å². The molecule has 0 amide bonds. The van der Waals surface area contributed by atoms with Gasteiger partial charge in [-0.3, -0.25) is 4.79 Å². The van der Waals surface area contributed by atoms with Crippen LogP contribution in [0.25, 0.3) is 0 Å². The van der Waals surface area contributed by atoms with Gasteiger partial charge in [0.1, 0.15) is 5.92 Å². The number of hydrogen-bond donors (Lipinski definition) is 2. The van der Waals surface area contributed by atoms with Gasteiger partial charge in [0.05, 0.1) is 10.7 Å². The number of para-hydroxylation sites is 1. The van der Waals surface area contributed by atoms with Crippen LogP contribution in [0.3, 0.4) is 0 Å². The molecule has 0 saturated carbocycles. The van der Waals surface area contributed by atoms with E-state index in [9.17, 15) is 4.79 Å². The molecule has 0 aromatic heterocycles. The molecule has 0 saturated heterocycles. The number of nitrogens with one attached hydrogen (secondary N) is 1. The van der Waals surface area contributed by atoms with E-state index in [-0.39, 0.29) is 0 Å². The summed E-state index contributed by atoms with van der Waals surface area (Å²) in [7, 11) is 0. The number of carboxylic acids is 1. The van der Waals surface area contributed by atoms with Crippen molar-refractivity contribution in [1.29, 1.82) is 0 Å². The van der Waals surface area contributed by atoms with E-state index in [1.54, 1.807) is 18.2 Å². The lowest BCUT2D eigenvalue weighted by Crippen LogP contribution is -2.12. The van der Waals surface area contributed by atoms with Crippen LogP contribution in [0.15, 0.2) is 18.2 Å². The molecule has 0 spiro atoms. The van der Waals surface area contributed by atoms with Crippen molar-refractivity contribution in [2.75, 3.05) is 11.9 Å². The first-order valence-electron chi connectivity index (χ1n) is 3.95. The van der Waals surface area contributed by atoms with E-state index in [1.165, 1.54) is 0 Å². The van der Waals surface area contributed by atoms with Crippen LogP contribution in [-0.2, 0) is 4.79 Å². The van der Waals surface area contributed by atoms with E-state index < -0.39 is 11.9 Å². The molecule has 0 aliphatic carbocycles. The summed E-state index contributed by atoms with van der Waals surface area (Å²) < 4.78 is 0. The highest BCUT2D eigenvalue weighted by atomic mass is 35.5. The molecule has 1 aromatic carbocycles. The first kappa shape index (κ1) is 8.38. The van der Waals surface area contributed by atoms with Crippen molar-refractivity contribution in [2.24, 2.45) is 0 Å². The van der Waals surface area contributed by atoms with Crippen molar-refractivity contribution in [2.45, 2.75) is 5.92 Å². The van der Waals surface area contributed by atoms with E-state index >= 15 is 0 Å². The third-order valence-electron chi connectivity index (χ3n) is 2.20. The Morgan fingerprint density at radius 3 is 3.08 bits per heavy atom. The number of hydrogen-bond acceptors (Lipinski definition) is 2. The Morgan fingerprint density at radius 1 is 1.62 bits per heavy atom. The molecule has 0 radical (unpaired) electrons. The van der Waals surface area contributed by atoms with Crippen LogP contribution in [-0.4, -0.2) is 17.6 Å². The van der Waals surface area contributed by atoms with Crippen molar-refractivity contribution in [3.05, 3.63) is 28.8 Å². The molecule has 1 heterocycles. The number of carboxylic acid groups (broad SMARTS) is 1. The second kappa shape index (κ2) is 2.92. The van der Waals surface area contributed by atoms with Crippen LogP contribution in [0.5, 0.6) is 0 Å². The SMILES string of the molecule is O=C(O)C1CNc2c(Cl)cccc21. The van der Waals surface area contributed by atoms with Gasteiger partial charge in [-0.2, -0.15) is 0 Å². The second-order valence-corrected chi connectivity index (χ2v) is 3.38. The van der Waals surface area contributed by atoms with Crippen LogP contribution >= 0.6 is 11.6 Å². The lowest BCUT2D eigenvalue weighted by atomic mass is 10.0. The highest BCUT2D eigenvalue weighted by molar-refractivity contribution is 6.33. The number of anilines is 1. The van der Waals surface area contributed by atoms with Crippen LogP contribution in [0.2, 0.25) is 5.02 Å². The summed E-state index contributed by atoms with van der Waals surface area (Å²) in [4.78, 5) is 10.8. The predicted molar refractivity (Wildman–Crippen MR) is 50.3 cm³/mol. The molecule has 68 valence electrons. The van der Waals surface area contributed by atoms with Gasteiger partial charge in [-0.05, 0) is 11.6 Å². The number of benzene rings is 1. The minimum absolute atomic E-state index is 0.425. The monoisotopic (exact) mass is 197 g/mol. The largest absolute Gasteiger partial charge is 0.481 e. The Balaban J connectivity index is 2.49. The summed E-state index contributed by atoms with van der Waals surface area (Å²) in [5.74, 6) is -1.28. The van der Waals surface area contributed by atoms with Gasteiger partial charge in [-0.25, -0.2) is 0 Å². The van der Waals surface area contributed by atoms with Gasteiger partial charge in [-0.15, -0.1) is 0 Å². The molecule has 2 N–H and O–H groups in total. The van der Waals surface area contributed by atoms with E-state index in [2.05, 4.69) is 5.32 Å². The quantitative estimate of drug-likeness (QED) is 0.724. The van der Waals surface area contributed by atoms with E-state index in [4.69, 9.17) is 16.7 Å². The average Bonchev–Trinajstić information content (AvgIpc) is 2.48. The first-order chi connectivity index (χ1) is 6.20. The van der Waals surface area contributed by atoms with Gasteiger partial charge in [-0.1, -0.05) is 23.7 Å². The van der Waals surface area contributed by atoms with E-state index in [1.807, 2.05) is 0 Å². The normalized spacial score (nSPS) is 19.3.